The molecule has 3 heterocycles. The molecule has 0 aliphatic carbocycles. The Labute approximate surface area is 134 Å². The molecule has 22 heavy (non-hydrogen) atoms. The fourth-order valence-corrected chi connectivity index (χ4v) is 3.48. The van der Waals surface area contributed by atoms with Gasteiger partial charge in [-0.15, -0.1) is 22.7 Å². The molecule has 0 fully saturated rings. The standard InChI is InChI=1S/C14H13N3O3S2/c1-9(10-4-2-6-21-10)15-12(18)8-17-13(16-20-14(17)19)11-5-3-7-22-11/h2-7,9H,8H2,1H3,(H,15,18)/t9-/m1/s1. The van der Waals surface area contributed by atoms with Gasteiger partial charge in [-0.2, -0.15) is 0 Å². The van der Waals surface area contributed by atoms with Crippen LogP contribution in [-0.4, -0.2) is 15.6 Å². The minimum Gasteiger partial charge on any atom is -0.347 e. The topological polar surface area (TPSA) is 77.1 Å². The highest BCUT2D eigenvalue weighted by Crippen LogP contribution is 2.22. The smallest absolute Gasteiger partial charge is 0.347 e. The Balaban J connectivity index is 1.75. The van der Waals surface area contributed by atoms with E-state index in [1.807, 2.05) is 41.9 Å². The van der Waals surface area contributed by atoms with Crippen LogP contribution in [0.1, 0.15) is 17.8 Å². The molecule has 0 radical (unpaired) electrons. The first-order valence-corrected chi connectivity index (χ1v) is 8.34. The molecule has 3 aromatic heterocycles. The predicted octanol–water partition coefficient (Wildman–Crippen LogP) is 2.50. The first-order chi connectivity index (χ1) is 10.6. The van der Waals surface area contributed by atoms with Gasteiger partial charge in [-0.25, -0.2) is 9.36 Å². The number of rotatable bonds is 5. The molecule has 1 N–H and O–H groups in total. The summed E-state index contributed by atoms with van der Waals surface area (Å²) < 4.78 is 5.92. The summed E-state index contributed by atoms with van der Waals surface area (Å²) in [6, 6.07) is 7.46. The molecule has 6 nitrogen and oxygen atoms in total. The summed E-state index contributed by atoms with van der Waals surface area (Å²) in [7, 11) is 0. The molecular formula is C14H13N3O3S2. The van der Waals surface area contributed by atoms with E-state index in [1.165, 1.54) is 15.9 Å². The lowest BCUT2D eigenvalue weighted by molar-refractivity contribution is -0.122. The third-order valence-corrected chi connectivity index (χ3v) is 5.00. The van der Waals surface area contributed by atoms with Gasteiger partial charge in [0.25, 0.3) is 0 Å². The molecule has 0 saturated heterocycles. The zero-order valence-corrected chi connectivity index (χ0v) is 13.3. The molecule has 0 aliphatic rings. The lowest BCUT2D eigenvalue weighted by Crippen LogP contribution is -2.32. The number of nitrogens with zero attached hydrogens (tertiary/aromatic N) is 2. The monoisotopic (exact) mass is 335 g/mol. The Morgan fingerprint density at radius 1 is 1.36 bits per heavy atom. The third-order valence-electron chi connectivity index (χ3n) is 3.08. The van der Waals surface area contributed by atoms with E-state index in [0.717, 1.165) is 9.75 Å². The fraction of sp³-hybridized carbons (Fsp3) is 0.214. The van der Waals surface area contributed by atoms with Crippen LogP contribution in [0.5, 0.6) is 0 Å². The Hall–Kier alpha value is -2.19. The molecule has 0 spiro atoms. The zero-order chi connectivity index (χ0) is 15.5. The van der Waals surface area contributed by atoms with Gasteiger partial charge < -0.3 is 5.32 Å². The zero-order valence-electron chi connectivity index (χ0n) is 11.7. The van der Waals surface area contributed by atoms with E-state index in [9.17, 15) is 9.59 Å². The van der Waals surface area contributed by atoms with Gasteiger partial charge in [0.15, 0.2) is 5.82 Å². The maximum absolute atomic E-state index is 12.2. The number of carbonyl (C=O) groups excluding carboxylic acids is 1. The molecule has 0 saturated carbocycles. The lowest BCUT2D eigenvalue weighted by atomic mass is 10.3. The van der Waals surface area contributed by atoms with Crippen molar-refractivity contribution in [1.82, 2.24) is 15.0 Å². The van der Waals surface area contributed by atoms with Crippen molar-refractivity contribution in [1.29, 1.82) is 0 Å². The van der Waals surface area contributed by atoms with Crippen LogP contribution in [0.3, 0.4) is 0 Å². The second-order valence-electron chi connectivity index (χ2n) is 4.64. The maximum Gasteiger partial charge on any atom is 0.442 e. The van der Waals surface area contributed by atoms with Crippen molar-refractivity contribution in [3.8, 4) is 10.7 Å². The second-order valence-corrected chi connectivity index (χ2v) is 6.57. The average molecular weight is 335 g/mol. The minimum atomic E-state index is -0.637. The largest absolute Gasteiger partial charge is 0.442 e. The van der Waals surface area contributed by atoms with Gasteiger partial charge in [-0.05, 0) is 29.8 Å². The van der Waals surface area contributed by atoms with Crippen molar-refractivity contribution in [3.05, 3.63) is 50.5 Å². The van der Waals surface area contributed by atoms with Gasteiger partial charge in [0.2, 0.25) is 5.91 Å². The van der Waals surface area contributed by atoms with E-state index in [1.54, 1.807) is 11.3 Å². The van der Waals surface area contributed by atoms with Crippen molar-refractivity contribution in [2.45, 2.75) is 19.5 Å². The molecule has 114 valence electrons. The third kappa shape index (κ3) is 3.02. The van der Waals surface area contributed by atoms with Crippen LogP contribution in [0.25, 0.3) is 10.7 Å². The van der Waals surface area contributed by atoms with Gasteiger partial charge in [-0.1, -0.05) is 17.3 Å². The van der Waals surface area contributed by atoms with E-state index in [2.05, 4.69) is 15.0 Å². The maximum atomic E-state index is 12.2. The summed E-state index contributed by atoms with van der Waals surface area (Å²) in [4.78, 5) is 25.7. The number of hydrogen-bond donors (Lipinski definition) is 1. The molecule has 0 bridgehead atoms. The number of aromatic nitrogens is 2. The summed E-state index contributed by atoms with van der Waals surface area (Å²) in [5.74, 6) is -0.523. The van der Waals surface area contributed by atoms with Gasteiger partial charge in [0.1, 0.15) is 6.54 Å². The number of hydrogen-bond acceptors (Lipinski definition) is 6. The Bertz CT molecular complexity index is 803. The SMILES string of the molecule is C[C@@H](NC(=O)Cn1c(-c2cccs2)noc1=O)c1cccs1. The predicted molar refractivity (Wildman–Crippen MR) is 85.0 cm³/mol. The summed E-state index contributed by atoms with van der Waals surface area (Å²) in [5.41, 5.74) is 0. The van der Waals surface area contributed by atoms with Crippen molar-refractivity contribution in [3.63, 3.8) is 0 Å². The van der Waals surface area contributed by atoms with Gasteiger partial charge in [-0.3, -0.25) is 9.32 Å². The summed E-state index contributed by atoms with van der Waals surface area (Å²) in [6.45, 7) is 1.78. The van der Waals surface area contributed by atoms with Crippen LogP contribution in [-0.2, 0) is 11.3 Å². The van der Waals surface area contributed by atoms with E-state index >= 15 is 0 Å². The molecule has 0 unspecified atom stereocenters. The fourth-order valence-electron chi connectivity index (χ4n) is 2.03. The molecule has 1 amide bonds. The lowest BCUT2D eigenvalue weighted by Gasteiger charge is -2.12. The Kier molecular flexibility index (Phi) is 4.21. The molecule has 3 rings (SSSR count). The first-order valence-electron chi connectivity index (χ1n) is 6.58. The number of thiophene rings is 2. The van der Waals surface area contributed by atoms with Crippen molar-refractivity contribution in [2.75, 3.05) is 0 Å². The van der Waals surface area contributed by atoms with Gasteiger partial charge in [0, 0.05) is 4.88 Å². The van der Waals surface area contributed by atoms with Gasteiger partial charge in [0.05, 0.1) is 10.9 Å². The highest BCUT2D eigenvalue weighted by atomic mass is 32.1. The molecule has 0 aliphatic heterocycles. The van der Waals surface area contributed by atoms with Crippen molar-refractivity contribution >= 4 is 28.6 Å². The molecular weight excluding hydrogens is 322 g/mol. The molecule has 3 aromatic rings. The average Bonchev–Trinajstić information content (AvgIpc) is 3.21. The van der Waals surface area contributed by atoms with Crippen LogP contribution in [0.15, 0.2) is 44.3 Å². The van der Waals surface area contributed by atoms with E-state index in [0.29, 0.717) is 5.82 Å². The van der Waals surface area contributed by atoms with Crippen molar-refractivity contribution < 1.29 is 9.32 Å². The van der Waals surface area contributed by atoms with Crippen LogP contribution < -0.4 is 11.1 Å². The van der Waals surface area contributed by atoms with Crippen molar-refractivity contribution in [2.24, 2.45) is 0 Å². The Morgan fingerprint density at radius 3 is 2.82 bits per heavy atom. The van der Waals surface area contributed by atoms with E-state index in [4.69, 9.17) is 0 Å². The second kappa shape index (κ2) is 6.29. The van der Waals surface area contributed by atoms with Gasteiger partial charge >= 0.3 is 5.76 Å². The highest BCUT2D eigenvalue weighted by Gasteiger charge is 2.18. The highest BCUT2D eigenvalue weighted by molar-refractivity contribution is 7.13. The van der Waals surface area contributed by atoms with Crippen LogP contribution >= 0.6 is 22.7 Å². The molecule has 0 aromatic carbocycles. The quantitative estimate of drug-likeness (QED) is 0.777. The summed E-state index contributed by atoms with van der Waals surface area (Å²) in [6.07, 6.45) is 0. The van der Waals surface area contributed by atoms with E-state index in [-0.39, 0.29) is 18.5 Å². The Morgan fingerprint density at radius 2 is 2.14 bits per heavy atom. The van der Waals surface area contributed by atoms with E-state index < -0.39 is 5.76 Å². The first kappa shape index (κ1) is 14.7. The minimum absolute atomic E-state index is 0.103. The number of carbonyl (C=O) groups is 1. The normalized spacial score (nSPS) is 12.2. The summed E-state index contributed by atoms with van der Waals surface area (Å²) >= 11 is 3.00. The summed E-state index contributed by atoms with van der Waals surface area (Å²) in [5, 5.41) is 10.4. The number of amides is 1. The molecule has 8 heteroatoms. The van der Waals surface area contributed by atoms with Crippen LogP contribution in [0.4, 0.5) is 0 Å². The van der Waals surface area contributed by atoms with Crippen LogP contribution in [0, 0.1) is 0 Å². The molecule has 1 atom stereocenters. The number of nitrogens with one attached hydrogen (secondary N) is 1. The van der Waals surface area contributed by atoms with Crippen LogP contribution in [0.2, 0.25) is 0 Å².